The quantitative estimate of drug-likeness (QED) is 0.514. The highest BCUT2D eigenvalue weighted by molar-refractivity contribution is 5.98. The van der Waals surface area contributed by atoms with Crippen LogP contribution in [0.15, 0.2) is 53.6 Å². The molecule has 0 heterocycles. The summed E-state index contributed by atoms with van der Waals surface area (Å²) in [6.07, 6.45) is 7.25. The fourth-order valence-electron chi connectivity index (χ4n) is 4.20. The highest BCUT2D eigenvalue weighted by Gasteiger charge is 2.31. The van der Waals surface area contributed by atoms with Crippen LogP contribution in [0.3, 0.4) is 0 Å². The van der Waals surface area contributed by atoms with Crippen molar-refractivity contribution in [3.63, 3.8) is 0 Å². The van der Waals surface area contributed by atoms with Crippen molar-refractivity contribution in [2.75, 3.05) is 0 Å². The van der Waals surface area contributed by atoms with E-state index in [1.54, 1.807) is 5.57 Å². The Bertz CT molecular complexity index is 892. The SMILES string of the molecule is CCCCc1ccc(C2=C(C(C)(C)C)C=C(C(C)(C)C)C2)c2ccccc12. The second kappa shape index (κ2) is 7.30. The number of hydrogen-bond acceptors (Lipinski definition) is 0. The normalized spacial score (nSPS) is 15.6. The molecule has 0 saturated carbocycles. The minimum Gasteiger partial charge on any atom is -0.0654 e. The van der Waals surface area contributed by atoms with Crippen molar-refractivity contribution in [3.8, 4) is 0 Å². The van der Waals surface area contributed by atoms with Crippen LogP contribution in [-0.4, -0.2) is 0 Å². The Balaban J connectivity index is 2.17. The zero-order valence-electron chi connectivity index (χ0n) is 18.4. The van der Waals surface area contributed by atoms with Gasteiger partial charge in [-0.1, -0.05) is 103 Å². The maximum atomic E-state index is 2.50. The van der Waals surface area contributed by atoms with Crippen LogP contribution in [0.25, 0.3) is 16.3 Å². The summed E-state index contributed by atoms with van der Waals surface area (Å²) < 4.78 is 0. The van der Waals surface area contributed by atoms with Crippen molar-refractivity contribution in [2.45, 2.75) is 74.1 Å². The van der Waals surface area contributed by atoms with Crippen LogP contribution in [-0.2, 0) is 6.42 Å². The Kier molecular flexibility index (Phi) is 5.39. The summed E-state index contributed by atoms with van der Waals surface area (Å²) in [7, 11) is 0. The third-order valence-electron chi connectivity index (χ3n) is 5.92. The fraction of sp³-hybridized carbons (Fsp3) is 0.481. The first kappa shape index (κ1) is 19.9. The molecular formula is C27H36. The summed E-state index contributed by atoms with van der Waals surface area (Å²) in [6.45, 7) is 16.3. The number of hydrogen-bond donors (Lipinski definition) is 0. The minimum atomic E-state index is 0.157. The molecule has 0 unspecified atom stereocenters. The largest absolute Gasteiger partial charge is 0.0654 e. The van der Waals surface area contributed by atoms with Crippen LogP contribution in [0, 0.1) is 10.8 Å². The van der Waals surface area contributed by atoms with Gasteiger partial charge in [-0.25, -0.2) is 0 Å². The maximum absolute atomic E-state index is 2.50. The van der Waals surface area contributed by atoms with Gasteiger partial charge in [-0.3, -0.25) is 0 Å². The van der Waals surface area contributed by atoms with E-state index in [0.717, 1.165) is 6.42 Å². The molecule has 0 radical (unpaired) electrons. The predicted molar refractivity (Wildman–Crippen MR) is 121 cm³/mol. The Morgan fingerprint density at radius 3 is 2.07 bits per heavy atom. The Labute approximate surface area is 166 Å². The minimum absolute atomic E-state index is 0.157. The standard InChI is InChI=1S/C27H36/c1-8-9-12-19-15-16-23(22-14-11-10-13-21(19)22)24-17-20(26(2,3)4)18-25(24)27(5,6)7/h10-11,13-16,18H,8-9,12,17H2,1-7H3. The summed E-state index contributed by atoms with van der Waals surface area (Å²) >= 11 is 0. The van der Waals surface area contributed by atoms with Gasteiger partial charge >= 0.3 is 0 Å². The monoisotopic (exact) mass is 360 g/mol. The van der Waals surface area contributed by atoms with E-state index in [-0.39, 0.29) is 10.8 Å². The Hall–Kier alpha value is -1.82. The van der Waals surface area contributed by atoms with E-state index >= 15 is 0 Å². The van der Waals surface area contributed by atoms with E-state index in [1.165, 1.54) is 52.3 Å². The molecule has 0 atom stereocenters. The number of unbranched alkanes of at least 4 members (excludes halogenated alkanes) is 1. The van der Waals surface area contributed by atoms with Crippen molar-refractivity contribution in [3.05, 3.63) is 64.7 Å². The fourth-order valence-corrected chi connectivity index (χ4v) is 4.20. The lowest BCUT2D eigenvalue weighted by molar-refractivity contribution is 0.494. The highest BCUT2D eigenvalue weighted by Crippen LogP contribution is 2.48. The van der Waals surface area contributed by atoms with Gasteiger partial charge in [0.2, 0.25) is 0 Å². The average Bonchev–Trinajstić information content (AvgIpc) is 3.05. The molecule has 0 spiro atoms. The first-order valence-corrected chi connectivity index (χ1v) is 10.6. The average molecular weight is 361 g/mol. The summed E-state index contributed by atoms with van der Waals surface area (Å²) in [5, 5.41) is 2.86. The molecule has 27 heavy (non-hydrogen) atoms. The smallest absolute Gasteiger partial charge is 0.00495 e. The first-order chi connectivity index (χ1) is 12.6. The van der Waals surface area contributed by atoms with E-state index in [0.29, 0.717) is 0 Å². The molecule has 2 aromatic carbocycles. The lowest BCUT2D eigenvalue weighted by Crippen LogP contribution is -2.09. The number of fused-ring (bicyclic) bond motifs is 1. The summed E-state index contributed by atoms with van der Waals surface area (Å²) in [5.74, 6) is 0. The molecule has 2 aromatic rings. The van der Waals surface area contributed by atoms with E-state index in [9.17, 15) is 0 Å². The third kappa shape index (κ3) is 4.05. The van der Waals surface area contributed by atoms with Gasteiger partial charge in [0.25, 0.3) is 0 Å². The molecule has 1 aliphatic carbocycles. The number of rotatable bonds is 4. The van der Waals surface area contributed by atoms with Gasteiger partial charge in [-0.15, -0.1) is 0 Å². The molecule has 0 fully saturated rings. The zero-order chi connectivity index (χ0) is 19.8. The molecule has 1 aliphatic rings. The molecular weight excluding hydrogens is 324 g/mol. The van der Waals surface area contributed by atoms with Crippen LogP contribution in [0.2, 0.25) is 0 Å². The topological polar surface area (TPSA) is 0 Å². The molecule has 0 N–H and O–H groups in total. The van der Waals surface area contributed by atoms with Crippen molar-refractivity contribution in [2.24, 2.45) is 10.8 Å². The second-order valence-corrected chi connectivity index (χ2v) is 10.2. The van der Waals surface area contributed by atoms with Crippen molar-refractivity contribution in [1.82, 2.24) is 0 Å². The molecule has 0 heteroatoms. The van der Waals surface area contributed by atoms with Gasteiger partial charge in [0, 0.05) is 0 Å². The third-order valence-corrected chi connectivity index (χ3v) is 5.92. The summed E-state index contributed by atoms with van der Waals surface area (Å²) in [5.41, 5.74) is 7.91. The number of aryl methyl sites for hydroxylation is 1. The van der Waals surface area contributed by atoms with Gasteiger partial charge in [-0.05, 0) is 63.1 Å². The van der Waals surface area contributed by atoms with Crippen LogP contribution < -0.4 is 0 Å². The second-order valence-electron chi connectivity index (χ2n) is 10.2. The Morgan fingerprint density at radius 1 is 0.815 bits per heavy atom. The lowest BCUT2D eigenvalue weighted by Gasteiger charge is -2.23. The van der Waals surface area contributed by atoms with E-state index in [1.807, 2.05) is 0 Å². The molecule has 0 aromatic heterocycles. The van der Waals surface area contributed by atoms with Gasteiger partial charge < -0.3 is 0 Å². The zero-order valence-corrected chi connectivity index (χ0v) is 18.4. The van der Waals surface area contributed by atoms with E-state index < -0.39 is 0 Å². The number of allylic oxidation sites excluding steroid dienone is 4. The van der Waals surface area contributed by atoms with Crippen molar-refractivity contribution in [1.29, 1.82) is 0 Å². The first-order valence-electron chi connectivity index (χ1n) is 10.6. The number of benzene rings is 2. The maximum Gasteiger partial charge on any atom is -0.00495 e. The lowest BCUT2D eigenvalue weighted by atomic mass is 9.81. The molecule has 0 aliphatic heterocycles. The molecule has 3 rings (SSSR count). The van der Waals surface area contributed by atoms with Crippen LogP contribution >= 0.6 is 0 Å². The Morgan fingerprint density at radius 2 is 1.48 bits per heavy atom. The highest BCUT2D eigenvalue weighted by atomic mass is 14.4. The van der Waals surface area contributed by atoms with Crippen LogP contribution in [0.4, 0.5) is 0 Å². The van der Waals surface area contributed by atoms with Crippen LogP contribution in [0.1, 0.15) is 78.9 Å². The van der Waals surface area contributed by atoms with Gasteiger partial charge in [0.1, 0.15) is 0 Å². The van der Waals surface area contributed by atoms with Gasteiger partial charge in [0.15, 0.2) is 0 Å². The van der Waals surface area contributed by atoms with Crippen molar-refractivity contribution >= 4 is 16.3 Å². The summed E-state index contributed by atoms with van der Waals surface area (Å²) in [4.78, 5) is 0. The van der Waals surface area contributed by atoms with E-state index in [4.69, 9.17) is 0 Å². The molecule has 0 amide bonds. The van der Waals surface area contributed by atoms with E-state index in [2.05, 4.69) is 90.9 Å². The predicted octanol–water partition coefficient (Wildman–Crippen LogP) is 8.36. The van der Waals surface area contributed by atoms with Gasteiger partial charge in [-0.2, -0.15) is 0 Å². The molecule has 0 saturated heterocycles. The summed E-state index contributed by atoms with van der Waals surface area (Å²) in [6, 6.07) is 13.8. The van der Waals surface area contributed by atoms with Crippen molar-refractivity contribution < 1.29 is 0 Å². The molecule has 144 valence electrons. The molecule has 0 bridgehead atoms. The molecule has 0 nitrogen and oxygen atoms in total. The van der Waals surface area contributed by atoms with Gasteiger partial charge in [0.05, 0.1) is 0 Å². The van der Waals surface area contributed by atoms with Crippen LogP contribution in [0.5, 0.6) is 0 Å².